The molecule has 0 heterocycles. The van der Waals surface area contributed by atoms with Crippen molar-refractivity contribution in [3.05, 3.63) is 28.2 Å². The van der Waals surface area contributed by atoms with E-state index < -0.39 is 0 Å². The van der Waals surface area contributed by atoms with E-state index in [1.54, 1.807) is 18.2 Å². The molecule has 1 amide bonds. The Kier molecular flexibility index (Phi) is 6.99. The first-order valence-electron chi connectivity index (χ1n) is 6.09. The topological polar surface area (TPSA) is 44.4 Å². The molecule has 106 valence electrons. The molecule has 0 aliphatic heterocycles. The van der Waals surface area contributed by atoms with Gasteiger partial charge in [-0.25, -0.2) is 0 Å². The number of amides is 1. The fourth-order valence-electron chi connectivity index (χ4n) is 1.49. The summed E-state index contributed by atoms with van der Waals surface area (Å²) in [6.45, 7) is 1.83. The van der Waals surface area contributed by atoms with Crippen molar-refractivity contribution in [1.82, 2.24) is 10.2 Å². The highest BCUT2D eigenvalue weighted by Crippen LogP contribution is 2.24. The van der Waals surface area contributed by atoms with E-state index in [1.807, 2.05) is 14.1 Å². The molecule has 0 spiro atoms. The lowest BCUT2D eigenvalue weighted by atomic mass is 10.3. The van der Waals surface area contributed by atoms with E-state index in [0.717, 1.165) is 13.0 Å². The van der Waals surface area contributed by atoms with Gasteiger partial charge in [0.15, 0.2) is 0 Å². The van der Waals surface area contributed by atoms with Gasteiger partial charge in [0.1, 0.15) is 0 Å². The number of hydrogen-bond acceptors (Lipinski definition) is 3. The lowest BCUT2D eigenvalue weighted by Crippen LogP contribution is -2.32. The van der Waals surface area contributed by atoms with Crippen molar-refractivity contribution in [1.29, 1.82) is 0 Å². The Hall–Kier alpha value is -0.970. The number of benzene rings is 1. The summed E-state index contributed by atoms with van der Waals surface area (Å²) in [5, 5.41) is 6.90. The Morgan fingerprint density at radius 1 is 1.32 bits per heavy atom. The van der Waals surface area contributed by atoms with Gasteiger partial charge < -0.3 is 15.5 Å². The normalized spacial score (nSPS) is 10.6. The molecule has 0 aromatic heterocycles. The minimum atomic E-state index is -0.0511. The monoisotopic (exact) mass is 303 g/mol. The van der Waals surface area contributed by atoms with Crippen LogP contribution in [0.3, 0.4) is 0 Å². The molecule has 0 bridgehead atoms. The van der Waals surface area contributed by atoms with E-state index >= 15 is 0 Å². The number of nitrogens with zero attached hydrogens (tertiary/aromatic N) is 1. The quantitative estimate of drug-likeness (QED) is 0.761. The summed E-state index contributed by atoms with van der Waals surface area (Å²) in [6.07, 6.45) is 0.931. The van der Waals surface area contributed by atoms with E-state index in [0.29, 0.717) is 22.3 Å². The van der Waals surface area contributed by atoms with Crippen LogP contribution in [0, 0.1) is 0 Å². The zero-order valence-corrected chi connectivity index (χ0v) is 12.7. The Labute approximate surface area is 124 Å². The molecule has 19 heavy (non-hydrogen) atoms. The summed E-state index contributed by atoms with van der Waals surface area (Å²) in [4.78, 5) is 13.7. The van der Waals surface area contributed by atoms with E-state index in [9.17, 15) is 4.79 Å². The standard InChI is InChI=1S/C13H19Cl2N3O/c1-18(2)7-3-6-16-13(19)9-17-12-5-4-10(14)8-11(12)15/h4-5,8,17H,3,6-7,9H2,1-2H3,(H,16,19). The number of carbonyl (C=O) groups is 1. The van der Waals surface area contributed by atoms with Gasteiger partial charge in [-0.1, -0.05) is 23.2 Å². The van der Waals surface area contributed by atoms with Crippen LogP contribution in [0.5, 0.6) is 0 Å². The zero-order valence-electron chi connectivity index (χ0n) is 11.2. The summed E-state index contributed by atoms with van der Waals surface area (Å²) in [5.74, 6) is -0.0511. The molecule has 1 aromatic rings. The van der Waals surface area contributed by atoms with Gasteiger partial charge in [0.2, 0.25) is 5.91 Å². The van der Waals surface area contributed by atoms with E-state index in [-0.39, 0.29) is 12.5 Å². The van der Waals surface area contributed by atoms with E-state index in [1.165, 1.54) is 0 Å². The van der Waals surface area contributed by atoms with Crippen LogP contribution in [-0.2, 0) is 4.79 Å². The first-order valence-corrected chi connectivity index (χ1v) is 6.85. The molecule has 1 rings (SSSR count). The molecule has 0 unspecified atom stereocenters. The second-order valence-electron chi connectivity index (χ2n) is 4.48. The lowest BCUT2D eigenvalue weighted by Gasteiger charge is -2.11. The summed E-state index contributed by atoms with van der Waals surface area (Å²) >= 11 is 11.8. The fraction of sp³-hybridized carbons (Fsp3) is 0.462. The molecule has 0 radical (unpaired) electrons. The minimum Gasteiger partial charge on any atom is -0.375 e. The van der Waals surface area contributed by atoms with Crippen molar-refractivity contribution in [3.8, 4) is 0 Å². The Morgan fingerprint density at radius 2 is 2.05 bits per heavy atom. The van der Waals surface area contributed by atoms with Crippen LogP contribution in [0.25, 0.3) is 0 Å². The van der Waals surface area contributed by atoms with Gasteiger partial charge in [-0.2, -0.15) is 0 Å². The van der Waals surface area contributed by atoms with Crippen LogP contribution in [0.4, 0.5) is 5.69 Å². The maximum absolute atomic E-state index is 11.6. The smallest absolute Gasteiger partial charge is 0.239 e. The van der Waals surface area contributed by atoms with Crippen molar-refractivity contribution in [2.45, 2.75) is 6.42 Å². The van der Waals surface area contributed by atoms with Crippen molar-refractivity contribution in [2.24, 2.45) is 0 Å². The third-order valence-electron chi connectivity index (χ3n) is 2.47. The number of nitrogens with one attached hydrogen (secondary N) is 2. The zero-order chi connectivity index (χ0) is 14.3. The molecule has 0 saturated carbocycles. The number of rotatable bonds is 7. The van der Waals surface area contributed by atoms with Crippen LogP contribution in [0.15, 0.2) is 18.2 Å². The predicted molar refractivity (Wildman–Crippen MR) is 81.1 cm³/mol. The highest BCUT2D eigenvalue weighted by molar-refractivity contribution is 6.36. The SMILES string of the molecule is CN(C)CCCNC(=O)CNc1ccc(Cl)cc1Cl. The molecule has 0 fully saturated rings. The van der Waals surface area contributed by atoms with Crippen molar-refractivity contribution in [2.75, 3.05) is 39.0 Å². The second kappa shape index (κ2) is 8.25. The molecule has 6 heteroatoms. The number of carbonyl (C=O) groups excluding carboxylic acids is 1. The van der Waals surface area contributed by atoms with E-state index in [4.69, 9.17) is 23.2 Å². The Morgan fingerprint density at radius 3 is 2.68 bits per heavy atom. The van der Waals surface area contributed by atoms with Crippen molar-refractivity contribution >= 4 is 34.8 Å². The molecule has 4 nitrogen and oxygen atoms in total. The van der Waals surface area contributed by atoms with Crippen LogP contribution < -0.4 is 10.6 Å². The van der Waals surface area contributed by atoms with Crippen LogP contribution in [-0.4, -0.2) is 44.5 Å². The summed E-state index contributed by atoms with van der Waals surface area (Å²) in [6, 6.07) is 5.12. The largest absolute Gasteiger partial charge is 0.375 e. The fourth-order valence-corrected chi connectivity index (χ4v) is 1.97. The summed E-state index contributed by atoms with van der Waals surface area (Å²) < 4.78 is 0. The van der Waals surface area contributed by atoms with Crippen LogP contribution >= 0.6 is 23.2 Å². The number of hydrogen-bond donors (Lipinski definition) is 2. The van der Waals surface area contributed by atoms with Crippen molar-refractivity contribution < 1.29 is 4.79 Å². The Balaban J connectivity index is 2.26. The molecular formula is C13H19Cl2N3O. The maximum atomic E-state index is 11.6. The molecule has 0 atom stereocenters. The average molecular weight is 304 g/mol. The van der Waals surface area contributed by atoms with Crippen molar-refractivity contribution in [3.63, 3.8) is 0 Å². The van der Waals surface area contributed by atoms with E-state index in [2.05, 4.69) is 15.5 Å². The average Bonchev–Trinajstić information content (AvgIpc) is 2.33. The van der Waals surface area contributed by atoms with Gasteiger partial charge in [0, 0.05) is 11.6 Å². The predicted octanol–water partition coefficient (Wildman–Crippen LogP) is 2.47. The third-order valence-corrected chi connectivity index (χ3v) is 3.02. The van der Waals surface area contributed by atoms with Gasteiger partial charge in [-0.15, -0.1) is 0 Å². The molecule has 0 saturated heterocycles. The Bertz CT molecular complexity index is 424. The molecular weight excluding hydrogens is 285 g/mol. The van der Waals surface area contributed by atoms with Gasteiger partial charge in [-0.05, 0) is 45.3 Å². The molecule has 0 aliphatic rings. The van der Waals surface area contributed by atoms with Gasteiger partial charge in [-0.3, -0.25) is 4.79 Å². The van der Waals surface area contributed by atoms with Crippen LogP contribution in [0.2, 0.25) is 10.0 Å². The molecule has 0 aliphatic carbocycles. The summed E-state index contributed by atoms with van der Waals surface area (Å²) in [7, 11) is 4.01. The van der Waals surface area contributed by atoms with Gasteiger partial charge >= 0.3 is 0 Å². The maximum Gasteiger partial charge on any atom is 0.239 e. The van der Waals surface area contributed by atoms with Gasteiger partial charge in [0.05, 0.1) is 17.3 Å². The second-order valence-corrected chi connectivity index (χ2v) is 5.33. The molecule has 2 N–H and O–H groups in total. The highest BCUT2D eigenvalue weighted by Gasteiger charge is 2.04. The first kappa shape index (κ1) is 16.1. The summed E-state index contributed by atoms with van der Waals surface area (Å²) in [5.41, 5.74) is 0.703. The minimum absolute atomic E-state index is 0.0511. The molecule has 1 aromatic carbocycles. The number of anilines is 1. The number of halogens is 2. The first-order chi connectivity index (χ1) is 8.99. The lowest BCUT2D eigenvalue weighted by molar-refractivity contribution is -0.119. The van der Waals surface area contributed by atoms with Gasteiger partial charge in [0.25, 0.3) is 0 Å². The third kappa shape index (κ3) is 6.66. The van der Waals surface area contributed by atoms with Crippen LogP contribution in [0.1, 0.15) is 6.42 Å². The highest BCUT2D eigenvalue weighted by atomic mass is 35.5.